The molecule has 0 saturated carbocycles. The molecule has 0 aromatic carbocycles. The molecule has 0 heterocycles. The van der Waals surface area contributed by atoms with Crippen molar-refractivity contribution in [3.05, 3.63) is 0 Å². The summed E-state index contributed by atoms with van der Waals surface area (Å²) in [5.41, 5.74) is 0. The van der Waals surface area contributed by atoms with Crippen LogP contribution in [-0.2, 0) is 28.6 Å². The Morgan fingerprint density at radius 2 is 0.614 bits per heavy atom. The standard InChI is InChI=1S/C51H98O6/c1-7-47(6)39-33-27-23-24-29-35-41-50(53)56-44-48(57-51(54)42-36-30-22-18-14-10-12-16-20-26-32-38-46(4)5)43-55-49(52)40-34-28-21-17-13-9-8-11-15-19-25-31-37-45(2)3/h45-48H,7-44H2,1-6H3/t47?,48-/m1/s1. The molecule has 0 rings (SSSR count). The van der Waals surface area contributed by atoms with Crippen LogP contribution < -0.4 is 0 Å². The number of hydrogen-bond acceptors (Lipinski definition) is 6. The third-order valence-electron chi connectivity index (χ3n) is 11.8. The Labute approximate surface area is 355 Å². The third kappa shape index (κ3) is 43.8. The predicted molar refractivity (Wildman–Crippen MR) is 243 cm³/mol. The highest BCUT2D eigenvalue weighted by Gasteiger charge is 2.19. The minimum Gasteiger partial charge on any atom is -0.462 e. The van der Waals surface area contributed by atoms with Crippen LogP contribution in [0.15, 0.2) is 0 Å². The Hall–Kier alpha value is -1.59. The number of carbonyl (C=O) groups is 3. The molecule has 0 amide bonds. The van der Waals surface area contributed by atoms with Crippen molar-refractivity contribution in [2.45, 2.75) is 279 Å². The van der Waals surface area contributed by atoms with Gasteiger partial charge in [-0.1, -0.05) is 234 Å². The Kier molecular flexibility index (Phi) is 41.3. The molecule has 0 saturated heterocycles. The van der Waals surface area contributed by atoms with E-state index in [1.54, 1.807) is 0 Å². The summed E-state index contributed by atoms with van der Waals surface area (Å²) >= 11 is 0. The van der Waals surface area contributed by atoms with Gasteiger partial charge in [0.2, 0.25) is 0 Å². The number of ether oxygens (including phenoxy) is 3. The molecule has 0 spiro atoms. The first-order valence-corrected chi connectivity index (χ1v) is 25.1. The molecule has 0 radical (unpaired) electrons. The van der Waals surface area contributed by atoms with Gasteiger partial charge in [-0.2, -0.15) is 0 Å². The van der Waals surface area contributed by atoms with E-state index in [2.05, 4.69) is 41.5 Å². The number of rotatable bonds is 44. The molecule has 2 atom stereocenters. The molecule has 0 N–H and O–H groups in total. The lowest BCUT2D eigenvalue weighted by Gasteiger charge is -2.18. The number of carbonyl (C=O) groups excluding carboxylic acids is 3. The van der Waals surface area contributed by atoms with Crippen molar-refractivity contribution in [3.63, 3.8) is 0 Å². The second-order valence-corrected chi connectivity index (χ2v) is 18.6. The molecule has 0 bridgehead atoms. The van der Waals surface area contributed by atoms with Crippen LogP contribution in [0, 0.1) is 17.8 Å². The summed E-state index contributed by atoms with van der Waals surface area (Å²) in [4.78, 5) is 37.9. The Morgan fingerprint density at radius 1 is 0.351 bits per heavy atom. The number of unbranched alkanes of at least 4 members (excludes halogenated alkanes) is 26. The Morgan fingerprint density at radius 3 is 0.912 bits per heavy atom. The van der Waals surface area contributed by atoms with Crippen molar-refractivity contribution >= 4 is 17.9 Å². The van der Waals surface area contributed by atoms with Crippen molar-refractivity contribution in [2.75, 3.05) is 13.2 Å². The predicted octanol–water partition coefficient (Wildman–Crippen LogP) is 16.0. The summed E-state index contributed by atoms with van der Waals surface area (Å²) in [5.74, 6) is 1.62. The van der Waals surface area contributed by atoms with Gasteiger partial charge in [0.25, 0.3) is 0 Å². The molecule has 0 aromatic heterocycles. The summed E-state index contributed by atoms with van der Waals surface area (Å²) < 4.78 is 16.8. The maximum atomic E-state index is 12.8. The summed E-state index contributed by atoms with van der Waals surface area (Å²) in [6.07, 6.45) is 40.9. The van der Waals surface area contributed by atoms with Gasteiger partial charge in [-0.15, -0.1) is 0 Å². The molecule has 1 unspecified atom stereocenters. The van der Waals surface area contributed by atoms with Crippen LogP contribution in [0.1, 0.15) is 273 Å². The highest BCUT2D eigenvalue weighted by atomic mass is 16.6. The van der Waals surface area contributed by atoms with Gasteiger partial charge >= 0.3 is 17.9 Å². The molecule has 0 aliphatic carbocycles. The van der Waals surface area contributed by atoms with Crippen molar-refractivity contribution in [2.24, 2.45) is 17.8 Å². The molecule has 0 aromatic rings. The SMILES string of the molecule is CCC(C)CCCCCCCCC(=O)OC[C@@H](COC(=O)CCCCCCCCCCCCCCC(C)C)OC(=O)CCCCCCCCCCCCCC(C)C. The number of esters is 3. The minimum atomic E-state index is -0.763. The lowest BCUT2D eigenvalue weighted by molar-refractivity contribution is -0.167. The molecular weight excluding hydrogens is 709 g/mol. The fourth-order valence-electron chi connectivity index (χ4n) is 7.55. The van der Waals surface area contributed by atoms with E-state index >= 15 is 0 Å². The zero-order chi connectivity index (χ0) is 42.0. The molecule has 6 heteroatoms. The lowest BCUT2D eigenvalue weighted by atomic mass is 10.00. The van der Waals surface area contributed by atoms with E-state index in [9.17, 15) is 14.4 Å². The molecule has 57 heavy (non-hydrogen) atoms. The summed E-state index contributed by atoms with van der Waals surface area (Å²) in [6, 6.07) is 0. The Balaban J connectivity index is 4.32. The molecular formula is C51H98O6. The smallest absolute Gasteiger partial charge is 0.306 e. The van der Waals surface area contributed by atoms with Crippen molar-refractivity contribution < 1.29 is 28.6 Å². The van der Waals surface area contributed by atoms with E-state index in [0.29, 0.717) is 19.3 Å². The second kappa shape index (κ2) is 42.5. The van der Waals surface area contributed by atoms with Crippen LogP contribution in [0.25, 0.3) is 0 Å². The van der Waals surface area contributed by atoms with Crippen LogP contribution in [-0.4, -0.2) is 37.2 Å². The summed E-state index contributed by atoms with van der Waals surface area (Å²) in [5, 5.41) is 0. The zero-order valence-electron chi connectivity index (χ0n) is 39.1. The van der Waals surface area contributed by atoms with Crippen LogP contribution in [0.2, 0.25) is 0 Å². The average molecular weight is 807 g/mol. The van der Waals surface area contributed by atoms with E-state index < -0.39 is 6.10 Å². The molecule has 6 nitrogen and oxygen atoms in total. The largest absolute Gasteiger partial charge is 0.462 e. The van der Waals surface area contributed by atoms with E-state index in [-0.39, 0.29) is 31.1 Å². The van der Waals surface area contributed by atoms with Gasteiger partial charge in [-0.25, -0.2) is 0 Å². The van der Waals surface area contributed by atoms with Gasteiger partial charge in [-0.05, 0) is 37.0 Å². The van der Waals surface area contributed by atoms with Crippen LogP contribution in [0.4, 0.5) is 0 Å². The fraction of sp³-hybridized carbons (Fsp3) is 0.941. The first kappa shape index (κ1) is 55.4. The Bertz CT molecular complexity index is 885. The van der Waals surface area contributed by atoms with Crippen molar-refractivity contribution in [1.82, 2.24) is 0 Å². The summed E-state index contributed by atoms with van der Waals surface area (Å²) in [6.45, 7) is 13.7. The lowest BCUT2D eigenvalue weighted by Crippen LogP contribution is -2.30. The summed E-state index contributed by atoms with van der Waals surface area (Å²) in [7, 11) is 0. The van der Waals surface area contributed by atoms with E-state index in [1.165, 1.54) is 154 Å². The maximum absolute atomic E-state index is 12.8. The van der Waals surface area contributed by atoms with Gasteiger partial charge < -0.3 is 14.2 Å². The zero-order valence-corrected chi connectivity index (χ0v) is 39.1. The fourth-order valence-corrected chi connectivity index (χ4v) is 7.55. The van der Waals surface area contributed by atoms with Gasteiger partial charge in [0, 0.05) is 19.3 Å². The highest BCUT2D eigenvalue weighted by Crippen LogP contribution is 2.18. The van der Waals surface area contributed by atoms with Crippen molar-refractivity contribution in [3.8, 4) is 0 Å². The van der Waals surface area contributed by atoms with Gasteiger partial charge in [0.05, 0.1) is 0 Å². The van der Waals surface area contributed by atoms with Gasteiger partial charge in [0.1, 0.15) is 13.2 Å². The van der Waals surface area contributed by atoms with Gasteiger partial charge in [-0.3, -0.25) is 14.4 Å². The molecule has 338 valence electrons. The normalized spacial score (nSPS) is 12.6. The molecule has 0 fully saturated rings. The average Bonchev–Trinajstić information content (AvgIpc) is 3.18. The molecule has 0 aliphatic heterocycles. The van der Waals surface area contributed by atoms with Crippen LogP contribution >= 0.6 is 0 Å². The monoisotopic (exact) mass is 807 g/mol. The highest BCUT2D eigenvalue weighted by molar-refractivity contribution is 5.71. The first-order chi connectivity index (χ1) is 27.6. The van der Waals surface area contributed by atoms with Crippen LogP contribution in [0.3, 0.4) is 0 Å². The first-order valence-electron chi connectivity index (χ1n) is 25.1. The quantitative estimate of drug-likeness (QED) is 0.0347. The maximum Gasteiger partial charge on any atom is 0.306 e. The second-order valence-electron chi connectivity index (χ2n) is 18.6. The topological polar surface area (TPSA) is 78.9 Å². The van der Waals surface area contributed by atoms with Crippen molar-refractivity contribution in [1.29, 1.82) is 0 Å². The minimum absolute atomic E-state index is 0.0655. The third-order valence-corrected chi connectivity index (χ3v) is 11.8. The van der Waals surface area contributed by atoms with Crippen LogP contribution in [0.5, 0.6) is 0 Å². The van der Waals surface area contributed by atoms with E-state index in [1.807, 2.05) is 0 Å². The molecule has 0 aliphatic rings. The van der Waals surface area contributed by atoms with E-state index in [4.69, 9.17) is 14.2 Å². The van der Waals surface area contributed by atoms with E-state index in [0.717, 1.165) is 75.5 Å². The van der Waals surface area contributed by atoms with Gasteiger partial charge in [0.15, 0.2) is 6.10 Å². The number of hydrogen-bond donors (Lipinski definition) is 0.